The molecule has 0 aromatic heterocycles. The van der Waals surface area contributed by atoms with Crippen molar-refractivity contribution in [3.05, 3.63) is 117 Å². The van der Waals surface area contributed by atoms with Crippen LogP contribution in [0.5, 0.6) is 0 Å². The number of anilines is 2. The Labute approximate surface area is 231 Å². The molecule has 0 atom stereocenters. The van der Waals surface area contributed by atoms with Crippen LogP contribution in [-0.4, -0.2) is 32.0 Å². The van der Waals surface area contributed by atoms with E-state index in [0.717, 1.165) is 21.9 Å². The van der Waals surface area contributed by atoms with Gasteiger partial charge in [0.15, 0.2) is 0 Å². The topological polar surface area (TPSA) is 109 Å². The number of amides is 4. The van der Waals surface area contributed by atoms with E-state index in [2.05, 4.69) is 0 Å². The Hall–Kier alpha value is -4.31. The minimum Gasteiger partial charge on any atom is -0.268 e. The number of carbonyl (C=O) groups excluding carboxylic acids is 4. The second-order valence-corrected chi connectivity index (χ2v) is 11.5. The Bertz CT molecular complexity index is 1770. The molecule has 4 amide bonds. The molecule has 2 aliphatic rings. The standard InChI is InChI=1S/C28H14Cl2N2O6S/c29-21-5-1-3-7-23(21)31-25(33)17-11-9-15(13-19(17)27(31)35)39(37,38)16-10-12-18-20(14-16)28(36)32(26(18)34)24-8-4-2-6-22(24)30/h1-14H. The highest BCUT2D eigenvalue weighted by Gasteiger charge is 2.40. The van der Waals surface area contributed by atoms with Crippen molar-refractivity contribution >= 4 is 68.0 Å². The van der Waals surface area contributed by atoms with Crippen LogP contribution in [0, 0.1) is 0 Å². The maximum atomic E-state index is 13.6. The van der Waals surface area contributed by atoms with Crippen molar-refractivity contribution in [1.29, 1.82) is 0 Å². The van der Waals surface area contributed by atoms with Crippen LogP contribution < -0.4 is 9.80 Å². The number of hydrogen-bond donors (Lipinski definition) is 0. The van der Waals surface area contributed by atoms with Gasteiger partial charge >= 0.3 is 0 Å². The van der Waals surface area contributed by atoms with Gasteiger partial charge in [0.25, 0.3) is 23.6 Å². The quantitative estimate of drug-likeness (QED) is 0.300. The lowest BCUT2D eigenvalue weighted by atomic mass is 10.1. The van der Waals surface area contributed by atoms with Crippen LogP contribution in [0.4, 0.5) is 11.4 Å². The Kier molecular flexibility index (Phi) is 5.69. The fourth-order valence-corrected chi connectivity index (χ4v) is 6.37. The van der Waals surface area contributed by atoms with Crippen molar-refractivity contribution in [3.63, 3.8) is 0 Å². The van der Waals surface area contributed by atoms with Crippen molar-refractivity contribution in [1.82, 2.24) is 0 Å². The number of fused-ring (bicyclic) bond motifs is 2. The molecule has 11 heteroatoms. The zero-order valence-electron chi connectivity index (χ0n) is 19.6. The lowest BCUT2D eigenvalue weighted by molar-refractivity contribution is 0.0910. The summed E-state index contributed by atoms with van der Waals surface area (Å²) in [6.45, 7) is 0. The van der Waals surface area contributed by atoms with E-state index >= 15 is 0 Å². The number of sulfone groups is 1. The first-order chi connectivity index (χ1) is 18.6. The highest BCUT2D eigenvalue weighted by atomic mass is 35.5. The highest BCUT2D eigenvalue weighted by Crippen LogP contribution is 2.37. The molecule has 0 aliphatic carbocycles. The van der Waals surface area contributed by atoms with Crippen LogP contribution in [0.3, 0.4) is 0 Å². The summed E-state index contributed by atoms with van der Waals surface area (Å²) in [4.78, 5) is 53.5. The average Bonchev–Trinajstić information content (AvgIpc) is 3.33. The molecule has 0 fully saturated rings. The maximum Gasteiger partial charge on any atom is 0.266 e. The minimum absolute atomic E-state index is 0.0315. The first-order valence-electron chi connectivity index (χ1n) is 11.4. The van der Waals surface area contributed by atoms with E-state index < -0.39 is 33.5 Å². The third kappa shape index (κ3) is 3.69. The Balaban J connectivity index is 1.38. The van der Waals surface area contributed by atoms with Gasteiger partial charge in [-0.3, -0.25) is 19.2 Å². The first kappa shape index (κ1) is 25.0. The Morgan fingerprint density at radius 2 is 0.846 bits per heavy atom. The molecule has 6 rings (SSSR count). The number of rotatable bonds is 4. The monoisotopic (exact) mass is 576 g/mol. The Morgan fingerprint density at radius 1 is 0.487 bits per heavy atom. The fourth-order valence-electron chi connectivity index (χ4n) is 4.61. The van der Waals surface area contributed by atoms with E-state index in [-0.39, 0.29) is 53.5 Å². The van der Waals surface area contributed by atoms with Gasteiger partial charge in [0.1, 0.15) is 0 Å². The van der Waals surface area contributed by atoms with Gasteiger partial charge in [-0.15, -0.1) is 0 Å². The van der Waals surface area contributed by atoms with Crippen LogP contribution in [0.25, 0.3) is 0 Å². The van der Waals surface area contributed by atoms with Crippen molar-refractivity contribution < 1.29 is 27.6 Å². The summed E-state index contributed by atoms with van der Waals surface area (Å²) in [5.41, 5.74) is 0.226. The molecule has 0 spiro atoms. The third-order valence-electron chi connectivity index (χ3n) is 6.52. The summed E-state index contributed by atoms with van der Waals surface area (Å²) < 4.78 is 27.1. The van der Waals surface area contributed by atoms with Crippen LogP contribution >= 0.6 is 23.2 Å². The number of nitrogens with zero attached hydrogens (tertiary/aromatic N) is 2. The molecular formula is C28H14Cl2N2O6S. The lowest BCUT2D eigenvalue weighted by Crippen LogP contribution is -2.29. The summed E-state index contributed by atoms with van der Waals surface area (Å²) in [6.07, 6.45) is 0. The molecule has 39 heavy (non-hydrogen) atoms. The average molecular weight is 577 g/mol. The van der Waals surface area contributed by atoms with Gasteiger partial charge in [0.05, 0.1) is 53.5 Å². The number of hydrogen-bond acceptors (Lipinski definition) is 6. The predicted molar refractivity (Wildman–Crippen MR) is 144 cm³/mol. The molecule has 2 heterocycles. The fraction of sp³-hybridized carbons (Fsp3) is 0. The molecule has 0 N–H and O–H groups in total. The van der Waals surface area contributed by atoms with Crippen molar-refractivity contribution in [2.24, 2.45) is 0 Å². The molecule has 0 saturated heterocycles. The van der Waals surface area contributed by atoms with E-state index in [9.17, 15) is 27.6 Å². The van der Waals surface area contributed by atoms with Crippen molar-refractivity contribution in [2.75, 3.05) is 9.80 Å². The number of benzene rings is 4. The van der Waals surface area contributed by atoms with Gasteiger partial charge in [0.2, 0.25) is 9.84 Å². The molecule has 8 nitrogen and oxygen atoms in total. The first-order valence-corrected chi connectivity index (χ1v) is 13.6. The van der Waals surface area contributed by atoms with Crippen LogP contribution in [-0.2, 0) is 9.84 Å². The molecule has 192 valence electrons. The van der Waals surface area contributed by atoms with Crippen molar-refractivity contribution in [3.8, 4) is 0 Å². The van der Waals surface area contributed by atoms with Gasteiger partial charge in [-0.05, 0) is 60.7 Å². The molecule has 0 saturated carbocycles. The van der Waals surface area contributed by atoms with Crippen molar-refractivity contribution in [2.45, 2.75) is 9.79 Å². The molecule has 0 radical (unpaired) electrons. The van der Waals surface area contributed by atoms with Gasteiger partial charge in [-0.25, -0.2) is 18.2 Å². The summed E-state index contributed by atoms with van der Waals surface area (Å²) in [5, 5.41) is 0.367. The van der Waals surface area contributed by atoms with Gasteiger partial charge < -0.3 is 0 Å². The summed E-state index contributed by atoms with van der Waals surface area (Å²) in [5.74, 6) is -2.70. The van der Waals surface area contributed by atoms with Gasteiger partial charge in [-0.2, -0.15) is 0 Å². The lowest BCUT2D eigenvalue weighted by Gasteiger charge is -2.15. The second kappa shape index (κ2) is 8.88. The van der Waals surface area contributed by atoms with E-state index in [1.54, 1.807) is 24.3 Å². The number of imide groups is 2. The molecule has 0 bridgehead atoms. The normalized spacial score (nSPS) is 14.7. The largest absolute Gasteiger partial charge is 0.268 e. The van der Waals surface area contributed by atoms with Crippen LogP contribution in [0.15, 0.2) is 94.7 Å². The predicted octanol–water partition coefficient (Wildman–Crippen LogP) is 5.43. The van der Waals surface area contributed by atoms with E-state index in [4.69, 9.17) is 23.2 Å². The smallest absolute Gasteiger partial charge is 0.266 e. The summed E-state index contributed by atoms with van der Waals surface area (Å²) >= 11 is 12.4. The third-order valence-corrected chi connectivity index (χ3v) is 8.91. The highest BCUT2D eigenvalue weighted by molar-refractivity contribution is 7.91. The summed E-state index contributed by atoms with van der Waals surface area (Å²) in [7, 11) is -4.26. The number of halogens is 2. The number of carbonyl (C=O) groups is 4. The minimum atomic E-state index is -4.26. The maximum absolute atomic E-state index is 13.6. The number of para-hydroxylation sites is 2. The molecular weight excluding hydrogens is 563 g/mol. The van der Waals surface area contributed by atoms with Gasteiger partial charge in [-0.1, -0.05) is 47.5 Å². The summed E-state index contributed by atoms with van der Waals surface area (Å²) in [6, 6.07) is 19.8. The SMILES string of the molecule is O=C1c2ccc(S(=O)(=O)c3ccc4c(c3)C(=O)N(c3ccccc3Cl)C4=O)cc2C(=O)N1c1ccccc1Cl. The second-order valence-electron chi connectivity index (χ2n) is 8.71. The van der Waals surface area contributed by atoms with E-state index in [1.165, 1.54) is 48.5 Å². The van der Waals surface area contributed by atoms with Crippen LogP contribution in [0.2, 0.25) is 10.0 Å². The molecule has 4 aromatic rings. The molecule has 2 aliphatic heterocycles. The zero-order chi connectivity index (χ0) is 27.6. The Morgan fingerprint density at radius 3 is 1.23 bits per heavy atom. The van der Waals surface area contributed by atoms with E-state index in [1.807, 2.05) is 0 Å². The zero-order valence-corrected chi connectivity index (χ0v) is 21.9. The molecule has 0 unspecified atom stereocenters. The van der Waals surface area contributed by atoms with Crippen LogP contribution in [0.1, 0.15) is 41.4 Å². The van der Waals surface area contributed by atoms with E-state index in [0.29, 0.717) is 0 Å². The molecule has 4 aromatic carbocycles. The van der Waals surface area contributed by atoms with Gasteiger partial charge in [0, 0.05) is 0 Å².